The van der Waals surface area contributed by atoms with Crippen molar-refractivity contribution >= 4 is 21.5 Å². The predicted molar refractivity (Wildman–Crippen MR) is 102 cm³/mol. The van der Waals surface area contributed by atoms with E-state index < -0.39 is 14.9 Å². The second-order valence-corrected chi connectivity index (χ2v) is 8.52. The lowest BCUT2D eigenvalue weighted by atomic mass is 10.2. The zero-order valence-corrected chi connectivity index (χ0v) is 15.9. The Kier molecular flexibility index (Phi) is 5.71. The van der Waals surface area contributed by atoms with Gasteiger partial charge in [-0.2, -0.15) is 4.31 Å². The first-order valence-corrected chi connectivity index (χ1v) is 10.3. The van der Waals surface area contributed by atoms with Crippen LogP contribution < -0.4 is 5.32 Å². The van der Waals surface area contributed by atoms with Crippen LogP contribution in [0.5, 0.6) is 0 Å². The van der Waals surface area contributed by atoms with E-state index in [9.17, 15) is 18.5 Å². The first-order valence-electron chi connectivity index (χ1n) is 8.82. The van der Waals surface area contributed by atoms with Crippen molar-refractivity contribution in [2.45, 2.75) is 37.6 Å². The number of pyridine rings is 1. The number of sulfonamides is 1. The Hall–Kier alpha value is -2.52. The van der Waals surface area contributed by atoms with E-state index in [-0.39, 0.29) is 10.6 Å². The molecule has 1 aliphatic rings. The van der Waals surface area contributed by atoms with Crippen molar-refractivity contribution in [3.63, 3.8) is 0 Å². The van der Waals surface area contributed by atoms with Gasteiger partial charge in [0.25, 0.3) is 5.69 Å². The van der Waals surface area contributed by atoms with E-state index in [1.165, 1.54) is 6.20 Å². The van der Waals surface area contributed by atoms with Gasteiger partial charge in [-0.15, -0.1) is 0 Å². The van der Waals surface area contributed by atoms with Crippen LogP contribution in [0.15, 0.2) is 41.4 Å². The van der Waals surface area contributed by atoms with E-state index in [1.807, 2.05) is 6.07 Å². The fourth-order valence-electron chi connectivity index (χ4n) is 3.10. The first kappa shape index (κ1) is 19.2. The number of benzene rings is 1. The largest absolute Gasteiger partial charge is 0.366 e. The summed E-state index contributed by atoms with van der Waals surface area (Å²) in [6.45, 7) is 3.15. The molecule has 2 aromatic rings. The average Bonchev–Trinajstić information content (AvgIpc) is 2.67. The lowest BCUT2D eigenvalue weighted by Crippen LogP contribution is -2.35. The van der Waals surface area contributed by atoms with Crippen LogP contribution in [0, 0.1) is 17.0 Å². The molecule has 8 nitrogen and oxygen atoms in total. The maximum Gasteiger partial charge on any atom is 0.290 e. The fraction of sp³-hybridized carbons (Fsp3) is 0.389. The molecular formula is C18H22N4O4S. The molecule has 1 aromatic carbocycles. The number of aromatic nitrogens is 1. The number of anilines is 1. The highest BCUT2D eigenvalue weighted by Crippen LogP contribution is 2.22. The number of rotatable bonds is 6. The van der Waals surface area contributed by atoms with Gasteiger partial charge in [-0.3, -0.25) is 10.1 Å². The van der Waals surface area contributed by atoms with Gasteiger partial charge in [0.2, 0.25) is 10.0 Å². The molecule has 1 aromatic heterocycles. The van der Waals surface area contributed by atoms with Crippen LogP contribution in [0.25, 0.3) is 0 Å². The third-order valence-electron chi connectivity index (χ3n) is 4.60. The van der Waals surface area contributed by atoms with Crippen LogP contribution in [-0.4, -0.2) is 35.7 Å². The van der Waals surface area contributed by atoms with Crippen molar-refractivity contribution in [1.29, 1.82) is 0 Å². The minimum absolute atomic E-state index is 0.0322. The van der Waals surface area contributed by atoms with Gasteiger partial charge in [0.05, 0.1) is 9.82 Å². The lowest BCUT2D eigenvalue weighted by Gasteiger charge is -2.26. The zero-order chi connectivity index (χ0) is 19.4. The Morgan fingerprint density at radius 2 is 1.96 bits per heavy atom. The summed E-state index contributed by atoms with van der Waals surface area (Å²) in [5, 5.41) is 13.9. The Morgan fingerprint density at radius 1 is 1.22 bits per heavy atom. The molecule has 9 heteroatoms. The van der Waals surface area contributed by atoms with Gasteiger partial charge < -0.3 is 5.32 Å². The van der Waals surface area contributed by atoms with Crippen molar-refractivity contribution in [2.75, 3.05) is 18.4 Å². The zero-order valence-electron chi connectivity index (χ0n) is 15.1. The first-order chi connectivity index (χ1) is 12.9. The van der Waals surface area contributed by atoms with Crippen molar-refractivity contribution in [2.24, 2.45) is 0 Å². The molecule has 27 heavy (non-hydrogen) atoms. The van der Waals surface area contributed by atoms with Gasteiger partial charge in [-0.25, -0.2) is 13.4 Å². The summed E-state index contributed by atoms with van der Waals surface area (Å²) in [7, 11) is -3.47. The van der Waals surface area contributed by atoms with E-state index in [0.29, 0.717) is 31.0 Å². The molecule has 0 amide bonds. The Bertz CT molecular complexity index is 940. The summed E-state index contributed by atoms with van der Waals surface area (Å²) in [6.07, 6.45) is 4.07. The van der Waals surface area contributed by atoms with E-state index >= 15 is 0 Å². The van der Waals surface area contributed by atoms with Crippen LogP contribution in [0.2, 0.25) is 0 Å². The molecule has 0 saturated carbocycles. The summed E-state index contributed by atoms with van der Waals surface area (Å²) < 4.78 is 27.1. The molecule has 0 bridgehead atoms. The molecule has 0 radical (unpaired) electrons. The minimum Gasteiger partial charge on any atom is -0.366 e. The summed E-state index contributed by atoms with van der Waals surface area (Å²) >= 11 is 0. The van der Waals surface area contributed by atoms with Gasteiger partial charge in [-0.1, -0.05) is 18.6 Å². The molecule has 1 aliphatic heterocycles. The molecule has 0 unspecified atom stereocenters. The SMILES string of the molecule is Cc1cc(NCc2cccc(S(=O)(=O)N3CCCCC3)c2)ncc1[N+](=O)[O-]. The maximum atomic E-state index is 12.8. The number of nitrogens with zero attached hydrogens (tertiary/aromatic N) is 3. The highest BCUT2D eigenvalue weighted by molar-refractivity contribution is 7.89. The molecule has 2 heterocycles. The number of piperidine rings is 1. The monoisotopic (exact) mass is 390 g/mol. The topological polar surface area (TPSA) is 105 Å². The van der Waals surface area contributed by atoms with Crippen LogP contribution in [0.3, 0.4) is 0 Å². The summed E-state index contributed by atoms with van der Waals surface area (Å²) in [5.74, 6) is 0.502. The number of nitro groups is 1. The highest BCUT2D eigenvalue weighted by atomic mass is 32.2. The molecule has 1 N–H and O–H groups in total. The van der Waals surface area contributed by atoms with E-state index in [1.54, 1.807) is 35.5 Å². The smallest absolute Gasteiger partial charge is 0.290 e. The van der Waals surface area contributed by atoms with E-state index in [0.717, 1.165) is 24.8 Å². The van der Waals surface area contributed by atoms with Crippen molar-refractivity contribution in [3.05, 3.63) is 57.8 Å². The maximum absolute atomic E-state index is 12.8. The normalized spacial score (nSPS) is 15.4. The van der Waals surface area contributed by atoms with Gasteiger partial charge >= 0.3 is 0 Å². The highest BCUT2D eigenvalue weighted by Gasteiger charge is 2.25. The average molecular weight is 390 g/mol. The Morgan fingerprint density at radius 3 is 2.63 bits per heavy atom. The number of aryl methyl sites for hydroxylation is 1. The number of hydrogen-bond donors (Lipinski definition) is 1. The summed E-state index contributed by atoms with van der Waals surface area (Å²) in [5.41, 5.74) is 1.28. The molecule has 1 saturated heterocycles. The van der Waals surface area contributed by atoms with Gasteiger partial charge in [0.15, 0.2) is 0 Å². The van der Waals surface area contributed by atoms with Crippen molar-refractivity contribution < 1.29 is 13.3 Å². The lowest BCUT2D eigenvalue weighted by molar-refractivity contribution is -0.385. The quantitative estimate of drug-likeness (QED) is 0.600. The van der Waals surface area contributed by atoms with Crippen LogP contribution in [-0.2, 0) is 16.6 Å². The number of hydrogen-bond acceptors (Lipinski definition) is 6. The third-order valence-corrected chi connectivity index (χ3v) is 6.50. The van der Waals surface area contributed by atoms with Crippen molar-refractivity contribution in [3.8, 4) is 0 Å². The molecule has 144 valence electrons. The minimum atomic E-state index is -3.47. The predicted octanol–water partition coefficient (Wildman–Crippen LogP) is 3.08. The van der Waals surface area contributed by atoms with Gasteiger partial charge in [0, 0.05) is 25.2 Å². The molecule has 0 atom stereocenters. The second-order valence-electron chi connectivity index (χ2n) is 6.58. The van der Waals surface area contributed by atoms with Crippen LogP contribution in [0.4, 0.5) is 11.5 Å². The van der Waals surface area contributed by atoms with Crippen LogP contribution in [0.1, 0.15) is 30.4 Å². The Balaban J connectivity index is 1.72. The van der Waals surface area contributed by atoms with Gasteiger partial charge in [0.1, 0.15) is 12.0 Å². The van der Waals surface area contributed by atoms with E-state index in [4.69, 9.17) is 0 Å². The molecule has 3 rings (SSSR count). The molecule has 0 aliphatic carbocycles. The van der Waals surface area contributed by atoms with Gasteiger partial charge in [-0.05, 0) is 43.5 Å². The molecule has 1 fully saturated rings. The van der Waals surface area contributed by atoms with Crippen molar-refractivity contribution in [1.82, 2.24) is 9.29 Å². The summed E-state index contributed by atoms with van der Waals surface area (Å²) in [6, 6.07) is 8.44. The standard InChI is InChI=1S/C18H22N4O4S/c1-14-10-18(20-13-17(14)22(23)24)19-12-15-6-5-7-16(11-15)27(25,26)21-8-3-2-4-9-21/h5-7,10-11,13H,2-4,8-9,12H2,1H3,(H,19,20). The third kappa shape index (κ3) is 4.42. The second kappa shape index (κ2) is 8.01. The Labute approximate surface area is 158 Å². The molecule has 0 spiro atoms. The van der Waals surface area contributed by atoms with Crippen LogP contribution >= 0.6 is 0 Å². The summed E-state index contributed by atoms with van der Waals surface area (Å²) in [4.78, 5) is 14.7. The van der Waals surface area contributed by atoms with E-state index in [2.05, 4.69) is 10.3 Å². The molecular weight excluding hydrogens is 368 g/mol. The fourth-order valence-corrected chi connectivity index (χ4v) is 4.69. The number of nitrogens with one attached hydrogen (secondary N) is 1.